The van der Waals surface area contributed by atoms with Gasteiger partial charge in [-0.05, 0) is 19.3 Å². The Morgan fingerprint density at radius 2 is 2.19 bits per heavy atom. The van der Waals surface area contributed by atoms with E-state index in [4.69, 9.17) is 4.74 Å². The van der Waals surface area contributed by atoms with E-state index in [0.29, 0.717) is 11.4 Å². The van der Waals surface area contributed by atoms with E-state index in [2.05, 4.69) is 20.3 Å². The zero-order valence-electron chi connectivity index (χ0n) is 11.5. The maximum absolute atomic E-state index is 11.8. The molecule has 0 aromatic carbocycles. The largest absolute Gasteiger partial charge is 0.370 e. The van der Waals surface area contributed by atoms with Crippen LogP contribution in [0.2, 0.25) is 0 Å². The van der Waals surface area contributed by atoms with E-state index in [1.165, 1.54) is 11.3 Å². The number of carbonyl (C=O) groups excluding carboxylic acids is 1. The summed E-state index contributed by atoms with van der Waals surface area (Å²) in [5.74, 6) is 0.601. The van der Waals surface area contributed by atoms with Gasteiger partial charge in [-0.2, -0.15) is 0 Å². The molecule has 1 unspecified atom stereocenters. The average Bonchev–Trinajstić information content (AvgIpc) is 3.08. The SMILES string of the molecule is O=C(NCc1cnc(C2CCCCO2)nc1)c1cncs1. The summed E-state index contributed by atoms with van der Waals surface area (Å²) in [5, 5.41) is 2.82. The number of nitrogens with one attached hydrogen (secondary N) is 1. The minimum Gasteiger partial charge on any atom is -0.370 e. The highest BCUT2D eigenvalue weighted by Crippen LogP contribution is 2.24. The summed E-state index contributed by atoms with van der Waals surface area (Å²) in [7, 11) is 0. The van der Waals surface area contributed by atoms with Gasteiger partial charge >= 0.3 is 0 Å². The fourth-order valence-corrected chi connectivity index (χ4v) is 2.70. The number of amides is 1. The topological polar surface area (TPSA) is 77.0 Å². The Labute approximate surface area is 126 Å². The monoisotopic (exact) mass is 304 g/mol. The summed E-state index contributed by atoms with van der Waals surface area (Å²) in [5.41, 5.74) is 2.50. The molecule has 0 aliphatic carbocycles. The maximum atomic E-state index is 11.8. The molecule has 2 aromatic heterocycles. The quantitative estimate of drug-likeness (QED) is 0.936. The fraction of sp³-hybridized carbons (Fsp3) is 0.429. The molecule has 1 amide bonds. The first-order valence-corrected chi connectivity index (χ1v) is 7.80. The third-order valence-electron chi connectivity index (χ3n) is 3.30. The van der Waals surface area contributed by atoms with Crippen LogP contribution in [-0.4, -0.2) is 27.5 Å². The first-order valence-electron chi connectivity index (χ1n) is 6.92. The van der Waals surface area contributed by atoms with Gasteiger partial charge in [-0.15, -0.1) is 11.3 Å². The van der Waals surface area contributed by atoms with Crippen LogP contribution in [0.1, 0.15) is 46.4 Å². The number of hydrogen-bond donors (Lipinski definition) is 1. The van der Waals surface area contributed by atoms with Crippen LogP contribution in [0, 0.1) is 0 Å². The lowest BCUT2D eigenvalue weighted by molar-refractivity contribution is 0.00940. The molecule has 0 spiro atoms. The molecular formula is C14H16N4O2S. The molecule has 2 aromatic rings. The second kappa shape index (κ2) is 6.73. The smallest absolute Gasteiger partial charge is 0.263 e. The standard InChI is InChI=1S/C14H16N4O2S/c19-14(12-8-15-9-21-12)18-7-10-5-16-13(17-6-10)11-3-1-2-4-20-11/h5-6,8-9,11H,1-4,7H2,(H,18,19). The van der Waals surface area contributed by atoms with Crippen LogP contribution in [-0.2, 0) is 11.3 Å². The molecule has 3 rings (SSSR count). The summed E-state index contributed by atoms with van der Waals surface area (Å²) in [6, 6.07) is 0. The summed E-state index contributed by atoms with van der Waals surface area (Å²) < 4.78 is 5.65. The third kappa shape index (κ3) is 3.62. The van der Waals surface area contributed by atoms with Crippen molar-refractivity contribution in [3.05, 3.63) is 40.4 Å². The molecule has 1 N–H and O–H groups in total. The van der Waals surface area contributed by atoms with E-state index in [1.807, 2.05) is 0 Å². The molecule has 6 nitrogen and oxygen atoms in total. The molecule has 1 atom stereocenters. The average molecular weight is 304 g/mol. The molecule has 3 heterocycles. The molecule has 0 radical (unpaired) electrons. The fourth-order valence-electron chi connectivity index (χ4n) is 2.16. The van der Waals surface area contributed by atoms with E-state index >= 15 is 0 Å². The van der Waals surface area contributed by atoms with Crippen LogP contribution < -0.4 is 5.32 Å². The Morgan fingerprint density at radius 1 is 1.33 bits per heavy atom. The number of nitrogens with zero attached hydrogens (tertiary/aromatic N) is 3. The van der Waals surface area contributed by atoms with Crippen molar-refractivity contribution in [1.82, 2.24) is 20.3 Å². The van der Waals surface area contributed by atoms with Crippen molar-refractivity contribution in [3.8, 4) is 0 Å². The lowest BCUT2D eigenvalue weighted by atomic mass is 10.1. The normalized spacial score (nSPS) is 18.4. The molecule has 21 heavy (non-hydrogen) atoms. The molecule has 1 aliphatic heterocycles. The Hall–Kier alpha value is -1.86. The van der Waals surface area contributed by atoms with Gasteiger partial charge in [0.05, 0.1) is 11.7 Å². The summed E-state index contributed by atoms with van der Waals surface area (Å²) >= 11 is 1.32. The maximum Gasteiger partial charge on any atom is 0.263 e. The predicted octanol–water partition coefficient (Wildman–Crippen LogP) is 2.10. The van der Waals surface area contributed by atoms with Crippen LogP contribution >= 0.6 is 11.3 Å². The molecule has 7 heteroatoms. The summed E-state index contributed by atoms with van der Waals surface area (Å²) in [6.45, 7) is 1.18. The predicted molar refractivity (Wildman–Crippen MR) is 77.9 cm³/mol. The van der Waals surface area contributed by atoms with Gasteiger partial charge in [0.25, 0.3) is 5.91 Å². The van der Waals surface area contributed by atoms with Gasteiger partial charge < -0.3 is 10.1 Å². The first-order chi connectivity index (χ1) is 10.3. The van der Waals surface area contributed by atoms with E-state index in [0.717, 1.165) is 37.3 Å². The molecule has 0 saturated carbocycles. The molecule has 1 fully saturated rings. The van der Waals surface area contributed by atoms with Crippen LogP contribution in [0.3, 0.4) is 0 Å². The zero-order valence-corrected chi connectivity index (χ0v) is 12.3. The molecule has 110 valence electrons. The Bertz CT molecular complexity index is 580. The minimum atomic E-state index is -0.128. The van der Waals surface area contributed by atoms with E-state index in [9.17, 15) is 4.79 Å². The lowest BCUT2D eigenvalue weighted by Crippen LogP contribution is -2.22. The molecule has 0 bridgehead atoms. The summed E-state index contributed by atoms with van der Waals surface area (Å²) in [6.07, 6.45) is 8.29. The number of carbonyl (C=O) groups is 1. The van der Waals surface area contributed by atoms with Crippen molar-refractivity contribution in [2.24, 2.45) is 0 Å². The Balaban J connectivity index is 1.55. The minimum absolute atomic E-state index is 0.0135. The lowest BCUT2D eigenvalue weighted by Gasteiger charge is -2.21. The third-order valence-corrected chi connectivity index (χ3v) is 4.07. The van der Waals surface area contributed by atoms with E-state index in [1.54, 1.807) is 24.1 Å². The van der Waals surface area contributed by atoms with Gasteiger partial charge in [0, 0.05) is 31.1 Å². The van der Waals surface area contributed by atoms with Crippen molar-refractivity contribution >= 4 is 17.2 Å². The second-order valence-electron chi connectivity index (χ2n) is 4.85. The van der Waals surface area contributed by atoms with Gasteiger partial charge in [-0.1, -0.05) is 0 Å². The molecule has 1 saturated heterocycles. The highest BCUT2D eigenvalue weighted by Gasteiger charge is 2.18. The molecule has 1 aliphatic rings. The Morgan fingerprint density at radius 3 is 2.86 bits per heavy atom. The van der Waals surface area contributed by atoms with E-state index < -0.39 is 0 Å². The van der Waals surface area contributed by atoms with Crippen LogP contribution in [0.15, 0.2) is 24.1 Å². The van der Waals surface area contributed by atoms with E-state index in [-0.39, 0.29) is 12.0 Å². The first kappa shape index (κ1) is 14.1. The second-order valence-corrected chi connectivity index (χ2v) is 5.74. The Kier molecular flexibility index (Phi) is 4.52. The van der Waals surface area contributed by atoms with Crippen molar-refractivity contribution in [2.45, 2.75) is 31.9 Å². The van der Waals surface area contributed by atoms with Crippen molar-refractivity contribution in [1.29, 1.82) is 0 Å². The van der Waals surface area contributed by atoms with Gasteiger partial charge in [0.2, 0.25) is 0 Å². The summed E-state index contributed by atoms with van der Waals surface area (Å²) in [4.78, 5) is 25.0. The number of thiazole rings is 1. The van der Waals surface area contributed by atoms with Crippen molar-refractivity contribution < 1.29 is 9.53 Å². The van der Waals surface area contributed by atoms with Gasteiger partial charge in [-0.25, -0.2) is 9.97 Å². The highest BCUT2D eigenvalue weighted by molar-refractivity contribution is 7.11. The van der Waals surface area contributed by atoms with Gasteiger partial charge in [-0.3, -0.25) is 9.78 Å². The van der Waals surface area contributed by atoms with Gasteiger partial charge in [0.1, 0.15) is 11.0 Å². The number of rotatable bonds is 4. The number of ether oxygens (including phenoxy) is 1. The van der Waals surface area contributed by atoms with Crippen molar-refractivity contribution in [2.75, 3.05) is 6.61 Å². The highest BCUT2D eigenvalue weighted by atomic mass is 32.1. The number of hydrogen-bond acceptors (Lipinski definition) is 6. The zero-order chi connectivity index (χ0) is 14.5. The number of aromatic nitrogens is 3. The molecular weight excluding hydrogens is 288 g/mol. The van der Waals surface area contributed by atoms with Gasteiger partial charge in [0.15, 0.2) is 5.82 Å². The van der Waals surface area contributed by atoms with Crippen molar-refractivity contribution in [3.63, 3.8) is 0 Å². The van der Waals surface area contributed by atoms with Crippen LogP contribution in [0.25, 0.3) is 0 Å². The van der Waals surface area contributed by atoms with Crippen LogP contribution in [0.5, 0.6) is 0 Å². The van der Waals surface area contributed by atoms with Crippen LogP contribution in [0.4, 0.5) is 0 Å².